The fourth-order valence-corrected chi connectivity index (χ4v) is 1.50. The molecular weight excluding hydrogens is 156 g/mol. The Labute approximate surface area is 69.8 Å². The Kier molecular flexibility index (Phi) is 1.60. The molecule has 64 valence electrons. The van der Waals surface area contributed by atoms with E-state index in [2.05, 4.69) is 5.10 Å². The van der Waals surface area contributed by atoms with Crippen molar-refractivity contribution in [2.24, 2.45) is 5.92 Å². The maximum atomic E-state index is 10.5. The average molecular weight is 166 g/mol. The first-order chi connectivity index (χ1) is 5.77. The van der Waals surface area contributed by atoms with Crippen molar-refractivity contribution in [1.82, 2.24) is 9.78 Å². The molecule has 0 aliphatic heterocycles. The molecule has 2 rings (SSSR count). The first-order valence-electron chi connectivity index (χ1n) is 3.99. The second kappa shape index (κ2) is 2.62. The summed E-state index contributed by atoms with van der Waals surface area (Å²) in [6, 6.07) is 2.16. The van der Waals surface area contributed by atoms with Gasteiger partial charge >= 0.3 is 5.97 Å². The minimum absolute atomic E-state index is 0.154. The molecule has 4 heteroatoms. The maximum absolute atomic E-state index is 10.5. The smallest absolute Gasteiger partial charge is 0.306 e. The normalized spacial score (nSPS) is 28.0. The lowest BCUT2D eigenvalue weighted by Gasteiger charge is -2.32. The van der Waals surface area contributed by atoms with Crippen molar-refractivity contribution in [2.45, 2.75) is 18.9 Å². The van der Waals surface area contributed by atoms with Crippen LogP contribution < -0.4 is 0 Å². The lowest BCUT2D eigenvalue weighted by atomic mass is 9.80. The minimum Gasteiger partial charge on any atom is -0.481 e. The van der Waals surface area contributed by atoms with Crippen molar-refractivity contribution in [3.8, 4) is 0 Å². The second-order valence-corrected chi connectivity index (χ2v) is 3.15. The molecule has 0 unspecified atom stereocenters. The van der Waals surface area contributed by atoms with Gasteiger partial charge < -0.3 is 5.11 Å². The highest BCUT2D eigenvalue weighted by molar-refractivity contribution is 5.71. The van der Waals surface area contributed by atoms with Gasteiger partial charge in [-0.15, -0.1) is 0 Å². The number of hydrogen-bond donors (Lipinski definition) is 1. The molecule has 1 aliphatic carbocycles. The molecule has 1 saturated carbocycles. The standard InChI is InChI=1S/C8H10N2O2/c11-8(12)6-4-7(5-6)10-3-1-2-9-10/h1-3,6-7H,4-5H2,(H,11,12). The van der Waals surface area contributed by atoms with Gasteiger partial charge in [0.1, 0.15) is 0 Å². The van der Waals surface area contributed by atoms with E-state index in [9.17, 15) is 4.79 Å². The lowest BCUT2D eigenvalue weighted by Crippen LogP contribution is -2.32. The third kappa shape index (κ3) is 1.09. The van der Waals surface area contributed by atoms with Crippen LogP contribution in [0.3, 0.4) is 0 Å². The van der Waals surface area contributed by atoms with Gasteiger partial charge in [-0.1, -0.05) is 0 Å². The molecule has 1 aliphatic rings. The number of aliphatic carboxylic acids is 1. The summed E-state index contributed by atoms with van der Waals surface area (Å²) >= 11 is 0. The van der Waals surface area contributed by atoms with Gasteiger partial charge in [0.05, 0.1) is 12.0 Å². The number of hydrogen-bond acceptors (Lipinski definition) is 2. The van der Waals surface area contributed by atoms with Crippen LogP contribution in [0.5, 0.6) is 0 Å². The van der Waals surface area contributed by atoms with Crippen LogP contribution in [0.4, 0.5) is 0 Å². The molecule has 0 bridgehead atoms. The van der Waals surface area contributed by atoms with Crippen LogP contribution in [0.15, 0.2) is 18.5 Å². The molecule has 1 aromatic rings. The molecule has 0 spiro atoms. The van der Waals surface area contributed by atoms with Crippen LogP contribution in [0.2, 0.25) is 0 Å². The van der Waals surface area contributed by atoms with Crippen molar-refractivity contribution in [3.05, 3.63) is 18.5 Å². The zero-order chi connectivity index (χ0) is 8.55. The van der Waals surface area contributed by atoms with Crippen molar-refractivity contribution in [2.75, 3.05) is 0 Å². The van der Waals surface area contributed by atoms with E-state index >= 15 is 0 Å². The summed E-state index contributed by atoms with van der Waals surface area (Å²) in [6.45, 7) is 0. The van der Waals surface area contributed by atoms with E-state index in [4.69, 9.17) is 5.11 Å². The molecule has 1 fully saturated rings. The van der Waals surface area contributed by atoms with E-state index in [1.165, 1.54) is 0 Å². The quantitative estimate of drug-likeness (QED) is 0.710. The molecule has 1 heterocycles. The third-order valence-electron chi connectivity index (χ3n) is 2.36. The number of carbonyl (C=O) groups is 1. The summed E-state index contributed by atoms with van der Waals surface area (Å²) in [5.74, 6) is -0.836. The Balaban J connectivity index is 1.94. The highest BCUT2D eigenvalue weighted by atomic mass is 16.4. The predicted octanol–water partition coefficient (Wildman–Crippen LogP) is 0.919. The van der Waals surface area contributed by atoms with Gasteiger partial charge in [0.15, 0.2) is 0 Å². The monoisotopic (exact) mass is 166 g/mol. The van der Waals surface area contributed by atoms with Gasteiger partial charge in [-0.25, -0.2) is 0 Å². The van der Waals surface area contributed by atoms with Crippen LogP contribution >= 0.6 is 0 Å². The van der Waals surface area contributed by atoms with Crippen molar-refractivity contribution >= 4 is 5.97 Å². The predicted molar refractivity (Wildman–Crippen MR) is 41.6 cm³/mol. The molecule has 4 nitrogen and oxygen atoms in total. The van der Waals surface area contributed by atoms with Crippen molar-refractivity contribution < 1.29 is 9.90 Å². The molecular formula is C8H10N2O2. The van der Waals surface area contributed by atoms with E-state index in [1.54, 1.807) is 6.20 Å². The zero-order valence-electron chi connectivity index (χ0n) is 6.55. The Bertz CT molecular complexity index is 275. The largest absolute Gasteiger partial charge is 0.481 e. The summed E-state index contributed by atoms with van der Waals surface area (Å²) in [6.07, 6.45) is 5.03. The SMILES string of the molecule is O=C(O)C1CC(n2cccn2)C1. The molecule has 12 heavy (non-hydrogen) atoms. The number of carboxylic acids is 1. The van der Waals surface area contributed by atoms with Gasteiger partial charge in [0, 0.05) is 12.4 Å². The minimum atomic E-state index is -0.682. The molecule has 0 aromatic carbocycles. The Hall–Kier alpha value is -1.32. The Morgan fingerprint density at radius 2 is 2.33 bits per heavy atom. The van der Waals surface area contributed by atoms with E-state index in [0.29, 0.717) is 6.04 Å². The fourth-order valence-electron chi connectivity index (χ4n) is 1.50. The third-order valence-corrected chi connectivity index (χ3v) is 2.36. The van der Waals surface area contributed by atoms with Crippen molar-refractivity contribution in [3.63, 3.8) is 0 Å². The molecule has 0 saturated heterocycles. The first kappa shape index (κ1) is 7.34. The Morgan fingerprint density at radius 1 is 1.58 bits per heavy atom. The highest BCUT2D eigenvalue weighted by Gasteiger charge is 2.35. The molecule has 0 atom stereocenters. The number of aromatic nitrogens is 2. The number of rotatable bonds is 2. The van der Waals surface area contributed by atoms with Gasteiger partial charge in [-0.3, -0.25) is 9.48 Å². The van der Waals surface area contributed by atoms with E-state index in [0.717, 1.165) is 12.8 Å². The topological polar surface area (TPSA) is 55.1 Å². The van der Waals surface area contributed by atoms with Crippen LogP contribution in [0.25, 0.3) is 0 Å². The number of nitrogens with zero attached hydrogens (tertiary/aromatic N) is 2. The molecule has 1 aromatic heterocycles. The summed E-state index contributed by atoms with van der Waals surface area (Å²) in [7, 11) is 0. The van der Waals surface area contributed by atoms with Crippen LogP contribution in [0, 0.1) is 5.92 Å². The number of carboxylic acid groups (broad SMARTS) is 1. The van der Waals surface area contributed by atoms with Gasteiger partial charge in [0.25, 0.3) is 0 Å². The maximum Gasteiger partial charge on any atom is 0.306 e. The fraction of sp³-hybridized carbons (Fsp3) is 0.500. The van der Waals surface area contributed by atoms with Gasteiger partial charge in [0.2, 0.25) is 0 Å². The molecule has 0 radical (unpaired) electrons. The van der Waals surface area contributed by atoms with Crippen LogP contribution in [-0.4, -0.2) is 20.9 Å². The first-order valence-corrected chi connectivity index (χ1v) is 3.99. The van der Waals surface area contributed by atoms with Crippen LogP contribution in [0.1, 0.15) is 18.9 Å². The van der Waals surface area contributed by atoms with Crippen molar-refractivity contribution in [1.29, 1.82) is 0 Å². The van der Waals surface area contributed by atoms with E-state index in [-0.39, 0.29) is 5.92 Å². The second-order valence-electron chi connectivity index (χ2n) is 3.15. The van der Waals surface area contributed by atoms with E-state index < -0.39 is 5.97 Å². The zero-order valence-corrected chi connectivity index (χ0v) is 6.55. The summed E-state index contributed by atoms with van der Waals surface area (Å²) in [5.41, 5.74) is 0. The summed E-state index contributed by atoms with van der Waals surface area (Å²) in [4.78, 5) is 10.5. The average Bonchev–Trinajstić information content (AvgIpc) is 2.34. The lowest BCUT2D eigenvalue weighted by molar-refractivity contribution is -0.146. The summed E-state index contributed by atoms with van der Waals surface area (Å²) < 4.78 is 1.83. The Morgan fingerprint density at radius 3 is 2.83 bits per heavy atom. The van der Waals surface area contributed by atoms with E-state index in [1.807, 2.05) is 16.9 Å². The summed E-state index contributed by atoms with van der Waals surface area (Å²) in [5, 5.41) is 12.7. The molecule has 0 amide bonds. The molecule has 1 N–H and O–H groups in total. The van der Waals surface area contributed by atoms with Gasteiger partial charge in [-0.2, -0.15) is 5.10 Å². The van der Waals surface area contributed by atoms with Crippen LogP contribution in [-0.2, 0) is 4.79 Å². The van der Waals surface area contributed by atoms with Gasteiger partial charge in [-0.05, 0) is 18.9 Å². The highest BCUT2D eigenvalue weighted by Crippen LogP contribution is 2.36.